The third kappa shape index (κ3) is 5.54. The summed E-state index contributed by atoms with van der Waals surface area (Å²) >= 11 is 0. The molecule has 2 heterocycles. The van der Waals surface area contributed by atoms with Crippen molar-refractivity contribution in [3.05, 3.63) is 65.5 Å². The quantitative estimate of drug-likeness (QED) is 0.691. The Kier molecular flexibility index (Phi) is 7.23. The van der Waals surface area contributed by atoms with Crippen LogP contribution in [0.15, 0.2) is 53.4 Å². The van der Waals surface area contributed by atoms with Crippen LogP contribution in [0.2, 0.25) is 0 Å². The topological polar surface area (TPSA) is 69.7 Å². The van der Waals surface area contributed by atoms with Crippen molar-refractivity contribution in [1.82, 2.24) is 14.5 Å². The minimum absolute atomic E-state index is 0.00251. The minimum Gasteiger partial charge on any atom is -0.352 e. The van der Waals surface area contributed by atoms with Gasteiger partial charge in [-0.05, 0) is 67.6 Å². The average Bonchev–Trinajstić information content (AvgIpc) is 3.34. The molecular formula is C24H30FN3O3S. The zero-order chi connectivity index (χ0) is 22.6. The summed E-state index contributed by atoms with van der Waals surface area (Å²) in [6.07, 6.45) is 3.57. The number of carbonyl (C=O) groups excluding carboxylic acids is 1. The molecule has 0 saturated carbocycles. The zero-order valence-corrected chi connectivity index (χ0v) is 19.0. The molecule has 32 heavy (non-hydrogen) atoms. The molecule has 4 rings (SSSR count). The van der Waals surface area contributed by atoms with Crippen molar-refractivity contribution >= 4 is 15.9 Å². The molecule has 0 radical (unpaired) electrons. The predicted molar refractivity (Wildman–Crippen MR) is 121 cm³/mol. The number of rotatable bonds is 7. The van der Waals surface area contributed by atoms with Crippen LogP contribution in [0.1, 0.15) is 36.8 Å². The lowest BCUT2D eigenvalue weighted by Gasteiger charge is -2.32. The zero-order valence-electron chi connectivity index (χ0n) is 18.2. The monoisotopic (exact) mass is 459 g/mol. The fourth-order valence-electron chi connectivity index (χ4n) is 4.50. The number of piperidine rings is 1. The molecule has 0 aliphatic carbocycles. The van der Waals surface area contributed by atoms with Crippen LogP contribution in [0, 0.1) is 11.7 Å². The van der Waals surface area contributed by atoms with Gasteiger partial charge in [0.05, 0.1) is 10.8 Å². The molecule has 1 atom stereocenters. The Morgan fingerprint density at radius 1 is 1.00 bits per heavy atom. The van der Waals surface area contributed by atoms with Gasteiger partial charge in [0.15, 0.2) is 0 Å². The summed E-state index contributed by atoms with van der Waals surface area (Å²) in [6, 6.07) is 13.4. The van der Waals surface area contributed by atoms with E-state index in [1.165, 1.54) is 16.4 Å². The summed E-state index contributed by atoms with van der Waals surface area (Å²) in [5.74, 6) is -0.345. The Morgan fingerprint density at radius 2 is 1.75 bits per heavy atom. The molecule has 0 spiro atoms. The van der Waals surface area contributed by atoms with Gasteiger partial charge in [0.25, 0.3) is 0 Å². The largest absolute Gasteiger partial charge is 0.352 e. The van der Waals surface area contributed by atoms with E-state index in [1.54, 1.807) is 30.3 Å². The van der Waals surface area contributed by atoms with Crippen molar-refractivity contribution in [3.63, 3.8) is 0 Å². The van der Waals surface area contributed by atoms with Crippen LogP contribution in [0.3, 0.4) is 0 Å². The van der Waals surface area contributed by atoms with Crippen LogP contribution in [-0.2, 0) is 27.9 Å². The summed E-state index contributed by atoms with van der Waals surface area (Å²) in [5.41, 5.74) is 1.78. The third-order valence-corrected chi connectivity index (χ3v) is 8.18. The van der Waals surface area contributed by atoms with E-state index >= 15 is 0 Å². The van der Waals surface area contributed by atoms with E-state index in [9.17, 15) is 17.6 Å². The van der Waals surface area contributed by atoms with E-state index in [0.717, 1.165) is 43.4 Å². The van der Waals surface area contributed by atoms with Crippen molar-refractivity contribution < 1.29 is 17.6 Å². The lowest BCUT2D eigenvalue weighted by molar-refractivity contribution is -0.126. The summed E-state index contributed by atoms with van der Waals surface area (Å²) in [5, 5.41) is 2.99. The van der Waals surface area contributed by atoms with E-state index in [4.69, 9.17) is 0 Å². The normalized spacial score (nSPS) is 20.3. The van der Waals surface area contributed by atoms with Gasteiger partial charge in [0, 0.05) is 32.7 Å². The van der Waals surface area contributed by atoms with Gasteiger partial charge in [0.2, 0.25) is 15.9 Å². The highest BCUT2D eigenvalue weighted by Crippen LogP contribution is 2.22. The van der Waals surface area contributed by atoms with Gasteiger partial charge < -0.3 is 5.32 Å². The van der Waals surface area contributed by atoms with Crippen LogP contribution in [0.25, 0.3) is 0 Å². The lowest BCUT2D eigenvalue weighted by atomic mass is 9.96. The number of amides is 1. The first kappa shape index (κ1) is 22.9. The molecule has 2 aliphatic heterocycles. The van der Waals surface area contributed by atoms with Crippen molar-refractivity contribution in [1.29, 1.82) is 0 Å². The smallest absolute Gasteiger partial charge is 0.243 e. The molecule has 2 aromatic carbocycles. The average molecular weight is 460 g/mol. The molecular weight excluding hydrogens is 429 g/mol. The standard InChI is InChI=1S/C24H30FN3O3S/c25-22-7-3-5-20(15-22)17-27-12-4-6-21(18-27)24(29)26-16-19-8-10-23(11-9-19)32(30,31)28-13-1-2-14-28/h3,5,7-11,15,21H,1-2,4,6,12-14,16-18H2,(H,26,29). The molecule has 2 saturated heterocycles. The number of carbonyl (C=O) groups is 1. The van der Waals surface area contributed by atoms with Gasteiger partial charge in [-0.25, -0.2) is 12.8 Å². The van der Waals surface area contributed by atoms with Crippen LogP contribution in [0.4, 0.5) is 4.39 Å². The van der Waals surface area contributed by atoms with Gasteiger partial charge in [-0.15, -0.1) is 0 Å². The number of nitrogens with zero attached hydrogens (tertiary/aromatic N) is 2. The summed E-state index contributed by atoms with van der Waals surface area (Å²) in [7, 11) is -3.42. The minimum atomic E-state index is -3.42. The van der Waals surface area contributed by atoms with Crippen LogP contribution in [-0.4, -0.2) is 49.7 Å². The molecule has 0 aromatic heterocycles. The molecule has 2 aliphatic rings. The summed E-state index contributed by atoms with van der Waals surface area (Å²) in [4.78, 5) is 15.2. The Bertz CT molecular complexity index is 1040. The molecule has 172 valence electrons. The molecule has 1 amide bonds. The first-order chi connectivity index (χ1) is 15.4. The number of hydrogen-bond donors (Lipinski definition) is 1. The third-order valence-electron chi connectivity index (χ3n) is 6.26. The van der Waals surface area contributed by atoms with Gasteiger partial charge in [-0.1, -0.05) is 24.3 Å². The second kappa shape index (κ2) is 10.1. The molecule has 6 nitrogen and oxygen atoms in total. The van der Waals surface area contributed by atoms with Gasteiger partial charge in [-0.3, -0.25) is 9.69 Å². The number of sulfonamides is 1. The van der Waals surface area contributed by atoms with Gasteiger partial charge >= 0.3 is 0 Å². The lowest BCUT2D eigenvalue weighted by Crippen LogP contribution is -2.42. The second-order valence-electron chi connectivity index (χ2n) is 8.68. The van der Waals surface area contributed by atoms with E-state index < -0.39 is 10.0 Å². The van der Waals surface area contributed by atoms with Crippen LogP contribution >= 0.6 is 0 Å². The van der Waals surface area contributed by atoms with Crippen molar-refractivity contribution in [2.24, 2.45) is 5.92 Å². The van der Waals surface area contributed by atoms with Crippen LogP contribution < -0.4 is 5.32 Å². The number of likely N-dealkylation sites (tertiary alicyclic amines) is 1. The van der Waals surface area contributed by atoms with Crippen LogP contribution in [0.5, 0.6) is 0 Å². The molecule has 2 aromatic rings. The number of benzene rings is 2. The maximum Gasteiger partial charge on any atom is 0.243 e. The predicted octanol–water partition coefficient (Wildman–Crippen LogP) is 3.14. The molecule has 0 bridgehead atoms. The molecule has 1 N–H and O–H groups in total. The van der Waals surface area contributed by atoms with Crippen molar-refractivity contribution in [2.75, 3.05) is 26.2 Å². The maximum atomic E-state index is 13.4. The summed E-state index contributed by atoms with van der Waals surface area (Å²) < 4.78 is 40.2. The highest BCUT2D eigenvalue weighted by Gasteiger charge is 2.27. The Labute approximate surface area is 189 Å². The number of nitrogens with one attached hydrogen (secondary N) is 1. The fourth-order valence-corrected chi connectivity index (χ4v) is 6.01. The number of halogens is 1. The Morgan fingerprint density at radius 3 is 2.47 bits per heavy atom. The Balaban J connectivity index is 1.29. The fraction of sp³-hybridized carbons (Fsp3) is 0.458. The second-order valence-corrected chi connectivity index (χ2v) is 10.6. The van der Waals surface area contributed by atoms with E-state index in [2.05, 4.69) is 10.2 Å². The summed E-state index contributed by atoms with van der Waals surface area (Å²) in [6.45, 7) is 3.70. The highest BCUT2D eigenvalue weighted by atomic mass is 32.2. The molecule has 8 heteroatoms. The maximum absolute atomic E-state index is 13.4. The van der Waals surface area contributed by atoms with E-state index in [-0.39, 0.29) is 17.6 Å². The Hall–Kier alpha value is -2.29. The molecule has 1 unspecified atom stereocenters. The van der Waals surface area contributed by atoms with Crippen molar-refractivity contribution in [3.8, 4) is 0 Å². The first-order valence-corrected chi connectivity index (χ1v) is 12.7. The SMILES string of the molecule is O=C(NCc1ccc(S(=O)(=O)N2CCCC2)cc1)C1CCCN(Cc2cccc(F)c2)C1. The first-order valence-electron chi connectivity index (χ1n) is 11.3. The van der Waals surface area contributed by atoms with Crippen molar-refractivity contribution in [2.45, 2.75) is 43.7 Å². The number of hydrogen-bond acceptors (Lipinski definition) is 4. The van der Waals surface area contributed by atoms with Gasteiger partial charge in [0.1, 0.15) is 5.82 Å². The highest BCUT2D eigenvalue weighted by molar-refractivity contribution is 7.89. The molecule has 2 fully saturated rings. The van der Waals surface area contributed by atoms with Gasteiger partial charge in [-0.2, -0.15) is 4.31 Å². The van der Waals surface area contributed by atoms with E-state index in [1.807, 2.05) is 6.07 Å². The van der Waals surface area contributed by atoms with E-state index in [0.29, 0.717) is 37.6 Å².